The number of methoxy groups -OCH3 is 1. The van der Waals surface area contributed by atoms with E-state index in [1.54, 1.807) is 25.3 Å². The van der Waals surface area contributed by atoms with Gasteiger partial charge in [-0.15, -0.1) is 0 Å². The average molecular weight is 358 g/mol. The molecule has 130 valence electrons. The molecule has 2 rings (SSSR count). The van der Waals surface area contributed by atoms with Crippen molar-refractivity contribution >= 4 is 34.4 Å². The van der Waals surface area contributed by atoms with Crippen molar-refractivity contribution in [1.29, 1.82) is 0 Å². The highest BCUT2D eigenvalue weighted by molar-refractivity contribution is 7.80. The fourth-order valence-corrected chi connectivity index (χ4v) is 2.34. The Balaban J connectivity index is 2.13. The molecule has 0 spiro atoms. The number of thiocarbonyl (C=S) groups is 1. The minimum atomic E-state index is -0.475. The molecule has 2 aromatic carbocycles. The quantitative estimate of drug-likeness (QED) is 0.367. The third kappa shape index (κ3) is 4.74. The van der Waals surface area contributed by atoms with Gasteiger partial charge in [0, 0.05) is 11.6 Å². The number of para-hydroxylation sites is 2. The van der Waals surface area contributed by atoms with Crippen LogP contribution < -0.4 is 15.5 Å². The zero-order chi connectivity index (χ0) is 18.4. The van der Waals surface area contributed by atoms with Crippen LogP contribution in [0.1, 0.15) is 18.1 Å². The Hall–Kier alpha value is -3.00. The van der Waals surface area contributed by atoms with Gasteiger partial charge in [0.25, 0.3) is 5.69 Å². The number of nitro groups is 1. The molecule has 0 saturated carbocycles. The Morgan fingerprint density at radius 1 is 1.28 bits per heavy atom. The summed E-state index contributed by atoms with van der Waals surface area (Å²) in [6, 6.07) is 12.0. The third-order valence-electron chi connectivity index (χ3n) is 3.42. The molecular weight excluding hydrogens is 340 g/mol. The van der Waals surface area contributed by atoms with Crippen molar-refractivity contribution in [2.24, 2.45) is 5.10 Å². The molecule has 0 heterocycles. The highest BCUT2D eigenvalue weighted by Crippen LogP contribution is 2.23. The second-order valence-electron chi connectivity index (χ2n) is 5.24. The molecule has 0 bridgehead atoms. The van der Waals surface area contributed by atoms with Gasteiger partial charge in [0.2, 0.25) is 0 Å². The van der Waals surface area contributed by atoms with Crippen molar-refractivity contribution < 1.29 is 9.66 Å². The lowest BCUT2D eigenvalue weighted by atomic mass is 10.1. The summed E-state index contributed by atoms with van der Waals surface area (Å²) in [4.78, 5) is 10.5. The van der Waals surface area contributed by atoms with E-state index in [9.17, 15) is 10.1 Å². The molecule has 0 radical (unpaired) electrons. The predicted molar refractivity (Wildman–Crippen MR) is 102 cm³/mol. The Kier molecular flexibility index (Phi) is 6.02. The van der Waals surface area contributed by atoms with E-state index in [0.29, 0.717) is 17.1 Å². The number of nitrogens with one attached hydrogen (secondary N) is 2. The van der Waals surface area contributed by atoms with Gasteiger partial charge in [-0.3, -0.25) is 15.5 Å². The zero-order valence-electron chi connectivity index (χ0n) is 14.1. The summed E-state index contributed by atoms with van der Waals surface area (Å²) in [7, 11) is 1.59. The van der Waals surface area contributed by atoms with Gasteiger partial charge in [-0.1, -0.05) is 23.8 Å². The molecule has 7 nitrogen and oxygen atoms in total. The van der Waals surface area contributed by atoms with E-state index < -0.39 is 4.92 Å². The molecule has 2 aromatic rings. The van der Waals surface area contributed by atoms with Crippen LogP contribution in [0.2, 0.25) is 0 Å². The van der Waals surface area contributed by atoms with Crippen molar-refractivity contribution in [3.63, 3.8) is 0 Å². The number of ether oxygens (including phenoxy) is 1. The lowest BCUT2D eigenvalue weighted by Crippen LogP contribution is -2.25. The predicted octanol–water partition coefficient (Wildman–Crippen LogP) is 3.62. The SMILES string of the molecule is COc1ccc(C)cc1/C(C)=N\NC(=S)Nc1ccccc1[N+](=O)[O-]. The molecular formula is C17H18N4O3S. The lowest BCUT2D eigenvalue weighted by Gasteiger charge is -2.11. The van der Waals surface area contributed by atoms with E-state index in [4.69, 9.17) is 17.0 Å². The second-order valence-corrected chi connectivity index (χ2v) is 5.65. The van der Waals surface area contributed by atoms with Crippen LogP contribution in [0, 0.1) is 17.0 Å². The first kappa shape index (κ1) is 18.3. The number of hydrogen-bond donors (Lipinski definition) is 2. The number of rotatable bonds is 5. The van der Waals surface area contributed by atoms with Crippen LogP contribution in [-0.2, 0) is 0 Å². The number of anilines is 1. The molecule has 0 aliphatic carbocycles. The van der Waals surface area contributed by atoms with E-state index in [2.05, 4.69) is 15.8 Å². The summed E-state index contributed by atoms with van der Waals surface area (Å²) in [5, 5.41) is 18.2. The van der Waals surface area contributed by atoms with E-state index in [0.717, 1.165) is 11.1 Å². The Morgan fingerprint density at radius 2 is 2.00 bits per heavy atom. The number of benzene rings is 2. The standard InChI is InChI=1S/C17H18N4O3S/c1-11-8-9-16(24-3)13(10-11)12(2)19-20-17(25)18-14-6-4-5-7-15(14)21(22)23/h4-10H,1-3H3,(H2,18,20,25)/b19-12-. The van der Waals surface area contributed by atoms with Gasteiger partial charge in [0.15, 0.2) is 5.11 Å². The molecule has 0 unspecified atom stereocenters. The number of hydrazone groups is 1. The lowest BCUT2D eigenvalue weighted by molar-refractivity contribution is -0.383. The average Bonchev–Trinajstić information content (AvgIpc) is 2.60. The van der Waals surface area contributed by atoms with Crippen LogP contribution in [0.4, 0.5) is 11.4 Å². The Labute approximate surface area is 150 Å². The Bertz CT molecular complexity index is 836. The van der Waals surface area contributed by atoms with Crippen LogP contribution >= 0.6 is 12.2 Å². The fraction of sp³-hybridized carbons (Fsp3) is 0.176. The molecule has 0 saturated heterocycles. The van der Waals surface area contributed by atoms with E-state index in [-0.39, 0.29) is 10.8 Å². The summed E-state index contributed by atoms with van der Waals surface area (Å²) in [5.74, 6) is 0.700. The van der Waals surface area contributed by atoms with Gasteiger partial charge >= 0.3 is 0 Å². The van der Waals surface area contributed by atoms with Crippen molar-refractivity contribution in [2.45, 2.75) is 13.8 Å². The van der Waals surface area contributed by atoms with Gasteiger partial charge in [-0.25, -0.2) is 0 Å². The maximum absolute atomic E-state index is 11.0. The zero-order valence-corrected chi connectivity index (χ0v) is 14.9. The molecule has 0 aromatic heterocycles. The van der Waals surface area contributed by atoms with Crippen LogP contribution in [0.15, 0.2) is 47.6 Å². The number of hydrogen-bond acceptors (Lipinski definition) is 5. The molecule has 0 atom stereocenters. The van der Waals surface area contributed by atoms with E-state index in [1.165, 1.54) is 6.07 Å². The first-order valence-electron chi connectivity index (χ1n) is 7.42. The monoisotopic (exact) mass is 358 g/mol. The van der Waals surface area contributed by atoms with E-state index in [1.807, 2.05) is 32.0 Å². The molecule has 25 heavy (non-hydrogen) atoms. The first-order chi connectivity index (χ1) is 11.9. The van der Waals surface area contributed by atoms with Gasteiger partial charge in [0.05, 0.1) is 17.7 Å². The molecule has 8 heteroatoms. The summed E-state index contributed by atoms with van der Waals surface area (Å²) < 4.78 is 5.33. The second kappa shape index (κ2) is 8.20. The fourth-order valence-electron chi connectivity index (χ4n) is 2.19. The summed E-state index contributed by atoms with van der Waals surface area (Å²) in [6.45, 7) is 3.79. The van der Waals surface area contributed by atoms with Crippen molar-refractivity contribution in [3.8, 4) is 5.75 Å². The van der Waals surface area contributed by atoms with Crippen LogP contribution in [0.5, 0.6) is 5.75 Å². The maximum Gasteiger partial charge on any atom is 0.292 e. The topological polar surface area (TPSA) is 88.8 Å². The smallest absolute Gasteiger partial charge is 0.292 e. The van der Waals surface area contributed by atoms with Crippen LogP contribution in [0.25, 0.3) is 0 Å². The maximum atomic E-state index is 11.0. The van der Waals surface area contributed by atoms with Crippen LogP contribution in [0.3, 0.4) is 0 Å². The van der Waals surface area contributed by atoms with Gasteiger partial charge in [-0.2, -0.15) is 5.10 Å². The van der Waals surface area contributed by atoms with Gasteiger partial charge < -0.3 is 10.1 Å². The third-order valence-corrected chi connectivity index (χ3v) is 3.61. The minimum Gasteiger partial charge on any atom is -0.496 e. The number of nitro benzene ring substituents is 1. The van der Waals surface area contributed by atoms with Gasteiger partial charge in [0.1, 0.15) is 11.4 Å². The van der Waals surface area contributed by atoms with Crippen molar-refractivity contribution in [2.75, 3.05) is 12.4 Å². The number of nitrogens with zero attached hydrogens (tertiary/aromatic N) is 2. The highest BCUT2D eigenvalue weighted by Gasteiger charge is 2.13. The molecule has 0 fully saturated rings. The Morgan fingerprint density at radius 3 is 2.68 bits per heavy atom. The van der Waals surface area contributed by atoms with Crippen molar-refractivity contribution in [3.05, 3.63) is 63.7 Å². The molecule has 0 amide bonds. The summed E-state index contributed by atoms with van der Waals surface area (Å²) >= 11 is 5.15. The van der Waals surface area contributed by atoms with Gasteiger partial charge in [-0.05, 0) is 44.3 Å². The molecule has 2 N–H and O–H groups in total. The number of aryl methyl sites for hydroxylation is 1. The molecule has 0 aliphatic rings. The highest BCUT2D eigenvalue weighted by atomic mass is 32.1. The minimum absolute atomic E-state index is 0.0623. The summed E-state index contributed by atoms with van der Waals surface area (Å²) in [5.41, 5.74) is 5.52. The normalized spacial score (nSPS) is 10.9. The first-order valence-corrected chi connectivity index (χ1v) is 7.83. The van der Waals surface area contributed by atoms with Crippen LogP contribution in [-0.4, -0.2) is 22.9 Å². The van der Waals surface area contributed by atoms with Crippen molar-refractivity contribution in [1.82, 2.24) is 5.43 Å². The molecule has 0 aliphatic heterocycles. The largest absolute Gasteiger partial charge is 0.496 e. The van der Waals surface area contributed by atoms with E-state index >= 15 is 0 Å². The summed E-state index contributed by atoms with van der Waals surface area (Å²) in [6.07, 6.45) is 0.